The zero-order valence-electron chi connectivity index (χ0n) is 22.2. The van der Waals surface area contributed by atoms with Gasteiger partial charge in [-0.25, -0.2) is 4.90 Å². The molecule has 0 fully saturated rings. The van der Waals surface area contributed by atoms with E-state index in [0.29, 0.717) is 51.2 Å². The molecule has 2 aromatic carbocycles. The monoisotopic (exact) mass is 515 g/mol. The number of nitrogens with zero attached hydrogens (tertiary/aromatic N) is 3. The Morgan fingerprint density at radius 1 is 0.842 bits per heavy atom. The summed E-state index contributed by atoms with van der Waals surface area (Å²) in [5.74, 6) is 1.30. The Balaban J connectivity index is 1.84. The van der Waals surface area contributed by atoms with Gasteiger partial charge in [-0.3, -0.25) is 9.59 Å². The molecule has 0 bridgehead atoms. The van der Waals surface area contributed by atoms with Crippen LogP contribution in [0.2, 0.25) is 0 Å². The Labute approximate surface area is 220 Å². The van der Waals surface area contributed by atoms with Crippen molar-refractivity contribution in [3.8, 4) is 11.5 Å². The van der Waals surface area contributed by atoms with Crippen molar-refractivity contribution in [2.45, 2.75) is 46.0 Å². The third-order valence-electron chi connectivity index (χ3n) is 7.43. The van der Waals surface area contributed by atoms with Crippen LogP contribution >= 0.6 is 0 Å². The highest BCUT2D eigenvalue weighted by atomic mass is 16.5. The minimum Gasteiger partial charge on any atom is -0.497 e. The first-order valence-corrected chi connectivity index (χ1v) is 12.3. The molecule has 0 saturated heterocycles. The quantitative estimate of drug-likeness (QED) is 0.322. The maximum atomic E-state index is 14.9. The maximum Gasteiger partial charge on any atom is 0.265 e. The number of hydrogen-bond donors (Lipinski definition) is 0. The molecule has 0 N–H and O–H groups in total. The summed E-state index contributed by atoms with van der Waals surface area (Å²) in [4.78, 5) is 30.1. The number of amides is 2. The van der Waals surface area contributed by atoms with Crippen LogP contribution in [0.1, 0.15) is 50.0 Å². The van der Waals surface area contributed by atoms with E-state index in [0.717, 1.165) is 11.1 Å². The fourth-order valence-electron chi connectivity index (χ4n) is 5.34. The average Bonchev–Trinajstić information content (AvgIpc) is 3.41. The van der Waals surface area contributed by atoms with Gasteiger partial charge in [0, 0.05) is 16.7 Å². The van der Waals surface area contributed by atoms with Gasteiger partial charge < -0.3 is 18.5 Å². The van der Waals surface area contributed by atoms with Gasteiger partial charge in [0.2, 0.25) is 5.91 Å². The van der Waals surface area contributed by atoms with Gasteiger partial charge in [-0.15, -0.1) is 0 Å². The molecule has 4 aromatic rings. The first kappa shape index (κ1) is 25.3. The molecule has 0 unspecified atom stereocenters. The van der Waals surface area contributed by atoms with Crippen molar-refractivity contribution in [3.05, 3.63) is 87.6 Å². The second kappa shape index (κ2) is 9.48. The van der Waals surface area contributed by atoms with E-state index in [9.17, 15) is 9.59 Å². The number of imide groups is 1. The van der Waals surface area contributed by atoms with Crippen molar-refractivity contribution in [1.29, 1.82) is 0 Å². The van der Waals surface area contributed by atoms with Crippen molar-refractivity contribution >= 4 is 17.5 Å². The summed E-state index contributed by atoms with van der Waals surface area (Å²) in [6, 6.07) is 12.2. The van der Waals surface area contributed by atoms with Gasteiger partial charge in [0.25, 0.3) is 5.91 Å². The van der Waals surface area contributed by atoms with Crippen molar-refractivity contribution in [2.75, 3.05) is 19.1 Å². The van der Waals surface area contributed by atoms with Crippen LogP contribution in [0.25, 0.3) is 0 Å². The number of benzene rings is 2. The molecule has 9 nitrogen and oxygen atoms in total. The molecule has 5 rings (SSSR count). The Morgan fingerprint density at radius 3 is 1.97 bits per heavy atom. The van der Waals surface area contributed by atoms with Gasteiger partial charge >= 0.3 is 0 Å². The molecular weight excluding hydrogens is 486 g/mol. The molecule has 1 aliphatic heterocycles. The van der Waals surface area contributed by atoms with Crippen molar-refractivity contribution in [1.82, 2.24) is 10.3 Å². The number of carbonyl (C=O) groups is 2. The Hall–Kier alpha value is -4.40. The molecule has 0 atom stereocenters. The van der Waals surface area contributed by atoms with E-state index in [1.807, 2.05) is 27.7 Å². The predicted octanol–water partition coefficient (Wildman–Crippen LogP) is 4.82. The topological polar surface area (TPSA) is 108 Å². The number of ether oxygens (including phenoxy) is 2. The molecule has 2 aromatic heterocycles. The third-order valence-corrected chi connectivity index (χ3v) is 7.43. The number of para-hydroxylation sites is 2. The summed E-state index contributed by atoms with van der Waals surface area (Å²) in [7, 11) is 3.05. The zero-order valence-corrected chi connectivity index (χ0v) is 22.2. The number of hydrogen-bond acceptors (Lipinski definition) is 8. The molecular formula is C29H29N3O6. The summed E-state index contributed by atoms with van der Waals surface area (Å²) in [5, 5.41) is 8.27. The van der Waals surface area contributed by atoms with E-state index >= 15 is 0 Å². The summed E-state index contributed by atoms with van der Waals surface area (Å²) in [5.41, 5.74) is 3.09. The Kier molecular flexibility index (Phi) is 6.30. The molecule has 1 aliphatic rings. The van der Waals surface area contributed by atoms with Gasteiger partial charge in [-0.05, 0) is 70.4 Å². The number of methoxy groups -OCH3 is 2. The molecule has 3 heterocycles. The second-order valence-corrected chi connectivity index (χ2v) is 9.57. The lowest BCUT2D eigenvalue weighted by atomic mass is 9.66. The lowest BCUT2D eigenvalue weighted by molar-refractivity contribution is -0.124. The van der Waals surface area contributed by atoms with Crippen LogP contribution in [0.3, 0.4) is 0 Å². The smallest absolute Gasteiger partial charge is 0.265 e. The lowest BCUT2D eigenvalue weighted by Crippen LogP contribution is -2.57. The van der Waals surface area contributed by atoms with Crippen LogP contribution in [0.15, 0.2) is 51.5 Å². The van der Waals surface area contributed by atoms with E-state index in [4.69, 9.17) is 18.5 Å². The van der Waals surface area contributed by atoms with Crippen LogP contribution in [-0.2, 0) is 23.1 Å². The minimum atomic E-state index is -1.22. The van der Waals surface area contributed by atoms with E-state index in [-0.39, 0.29) is 18.7 Å². The highest BCUT2D eigenvalue weighted by Crippen LogP contribution is 2.46. The first-order valence-electron chi connectivity index (χ1n) is 12.3. The number of aryl methyl sites for hydroxylation is 4. The summed E-state index contributed by atoms with van der Waals surface area (Å²) >= 11 is 0. The largest absolute Gasteiger partial charge is 0.497 e. The SMILES string of the molecule is COc1ccc2c(c1)C(=O)N(c1ccccc1OC)C(=O)C2(Cc1c(C)noc1C)Cc1c(C)noc1C. The molecule has 2 amide bonds. The Bertz CT molecular complexity index is 1460. The fourth-order valence-corrected chi connectivity index (χ4v) is 5.34. The molecule has 196 valence electrons. The number of anilines is 1. The highest BCUT2D eigenvalue weighted by Gasteiger charge is 2.53. The van der Waals surface area contributed by atoms with E-state index in [1.54, 1.807) is 49.6 Å². The standard InChI is InChI=1S/C29H29N3O6/c1-16-22(18(3)37-30-16)14-29(15-23-17(2)31-38-19(23)4)24-12-11-20(35-5)13-21(24)27(33)32(28(29)34)25-9-7-8-10-26(25)36-6/h7-13H,14-15H2,1-6H3. The number of rotatable bonds is 7. The van der Waals surface area contributed by atoms with Gasteiger partial charge in [-0.2, -0.15) is 0 Å². The molecule has 9 heteroatoms. The van der Waals surface area contributed by atoms with Crippen LogP contribution in [0.4, 0.5) is 5.69 Å². The summed E-state index contributed by atoms with van der Waals surface area (Å²) < 4.78 is 22.0. The van der Waals surface area contributed by atoms with Crippen LogP contribution < -0.4 is 14.4 Å². The molecule has 0 aliphatic carbocycles. The Morgan fingerprint density at radius 2 is 1.45 bits per heavy atom. The van der Waals surface area contributed by atoms with Crippen LogP contribution in [0.5, 0.6) is 11.5 Å². The number of fused-ring (bicyclic) bond motifs is 1. The lowest BCUT2D eigenvalue weighted by Gasteiger charge is -2.42. The summed E-state index contributed by atoms with van der Waals surface area (Å²) in [6.45, 7) is 7.34. The zero-order chi connectivity index (χ0) is 27.2. The maximum absolute atomic E-state index is 14.9. The van der Waals surface area contributed by atoms with Crippen molar-refractivity contribution in [3.63, 3.8) is 0 Å². The predicted molar refractivity (Wildman–Crippen MR) is 139 cm³/mol. The van der Waals surface area contributed by atoms with Gasteiger partial charge in [0.15, 0.2) is 0 Å². The molecule has 0 saturated carbocycles. The minimum absolute atomic E-state index is 0.245. The van der Waals surface area contributed by atoms with Gasteiger partial charge in [0.1, 0.15) is 23.0 Å². The number of carbonyl (C=O) groups excluding carboxylic acids is 2. The van der Waals surface area contributed by atoms with Gasteiger partial charge in [-0.1, -0.05) is 28.5 Å². The molecule has 0 radical (unpaired) electrons. The highest BCUT2D eigenvalue weighted by molar-refractivity contribution is 6.28. The fraction of sp³-hybridized carbons (Fsp3) is 0.310. The van der Waals surface area contributed by atoms with Crippen molar-refractivity contribution in [2.24, 2.45) is 0 Å². The third kappa shape index (κ3) is 3.86. The molecule has 38 heavy (non-hydrogen) atoms. The molecule has 0 spiro atoms. The van der Waals surface area contributed by atoms with Crippen molar-refractivity contribution < 1.29 is 28.1 Å². The summed E-state index contributed by atoms with van der Waals surface area (Å²) in [6.07, 6.45) is 0.491. The van der Waals surface area contributed by atoms with Crippen LogP contribution in [0, 0.1) is 27.7 Å². The van der Waals surface area contributed by atoms with Gasteiger partial charge in [0.05, 0.1) is 36.7 Å². The van der Waals surface area contributed by atoms with E-state index < -0.39 is 11.3 Å². The first-order chi connectivity index (χ1) is 18.2. The van der Waals surface area contributed by atoms with E-state index in [1.165, 1.54) is 12.0 Å². The normalized spacial score (nSPS) is 14.5. The number of aromatic nitrogens is 2. The van der Waals surface area contributed by atoms with E-state index in [2.05, 4.69) is 10.3 Å². The van der Waals surface area contributed by atoms with Crippen LogP contribution in [-0.4, -0.2) is 36.3 Å². The average molecular weight is 516 g/mol. The second-order valence-electron chi connectivity index (χ2n) is 9.57.